The third-order valence-electron chi connectivity index (χ3n) is 2.86. The number of likely N-dealkylation sites (N-methyl/N-ethyl adjacent to an activating group) is 1. The second kappa shape index (κ2) is 3.74. The first-order valence-corrected chi connectivity index (χ1v) is 5.70. The highest BCUT2D eigenvalue weighted by molar-refractivity contribution is 9.10. The van der Waals surface area contributed by atoms with Crippen molar-refractivity contribution in [3.05, 3.63) is 34.3 Å². The number of hydrogen-bond donors (Lipinski definition) is 1. The minimum Gasteiger partial charge on any atom is -0.371 e. The van der Waals surface area contributed by atoms with Crippen LogP contribution in [0.25, 0.3) is 0 Å². The van der Waals surface area contributed by atoms with Crippen molar-refractivity contribution < 1.29 is 18.7 Å². The molecule has 0 radical (unpaired) electrons. The van der Waals surface area contributed by atoms with Crippen molar-refractivity contribution in [2.75, 3.05) is 13.6 Å². The monoisotopic (exact) mass is 305 g/mol. The third-order valence-corrected chi connectivity index (χ3v) is 3.36. The molecule has 1 saturated heterocycles. The molecule has 92 valence electrons. The molecule has 1 aromatic carbocycles. The van der Waals surface area contributed by atoms with Gasteiger partial charge in [0, 0.05) is 17.1 Å². The SMILES string of the molecule is CN1CC(F)(F)[C@](O)(c2cccc(Br)c2)C1=O. The highest BCUT2D eigenvalue weighted by Crippen LogP contribution is 2.44. The molecular formula is C11H10BrF2NO2. The quantitative estimate of drug-likeness (QED) is 0.858. The number of alkyl halides is 2. The molecule has 1 aromatic rings. The predicted molar refractivity (Wildman–Crippen MR) is 60.6 cm³/mol. The number of hydrogen-bond acceptors (Lipinski definition) is 2. The molecule has 1 aliphatic heterocycles. The van der Waals surface area contributed by atoms with E-state index >= 15 is 0 Å². The second-order valence-corrected chi connectivity index (χ2v) is 5.00. The molecule has 1 amide bonds. The molecular weight excluding hydrogens is 296 g/mol. The van der Waals surface area contributed by atoms with Gasteiger partial charge in [0.05, 0.1) is 6.54 Å². The average molecular weight is 306 g/mol. The fraction of sp³-hybridized carbons (Fsp3) is 0.364. The van der Waals surface area contributed by atoms with Crippen LogP contribution >= 0.6 is 15.9 Å². The van der Waals surface area contributed by atoms with Crippen LogP contribution in [-0.4, -0.2) is 35.4 Å². The van der Waals surface area contributed by atoms with Crippen LogP contribution in [-0.2, 0) is 10.4 Å². The Balaban J connectivity index is 2.58. The first-order chi connectivity index (χ1) is 7.79. The van der Waals surface area contributed by atoms with Crippen LogP contribution < -0.4 is 0 Å². The summed E-state index contributed by atoms with van der Waals surface area (Å²) >= 11 is 3.13. The van der Waals surface area contributed by atoms with E-state index in [0.29, 0.717) is 4.47 Å². The van der Waals surface area contributed by atoms with Crippen LogP contribution in [0.1, 0.15) is 5.56 Å². The van der Waals surface area contributed by atoms with Gasteiger partial charge in [0.1, 0.15) is 0 Å². The molecule has 1 atom stereocenters. The first-order valence-electron chi connectivity index (χ1n) is 4.91. The van der Waals surface area contributed by atoms with Gasteiger partial charge in [-0.3, -0.25) is 4.79 Å². The number of benzene rings is 1. The van der Waals surface area contributed by atoms with Crippen LogP contribution in [0.15, 0.2) is 28.7 Å². The lowest BCUT2D eigenvalue weighted by atomic mass is 9.89. The van der Waals surface area contributed by atoms with Crippen molar-refractivity contribution in [1.29, 1.82) is 0 Å². The Kier molecular flexibility index (Phi) is 2.74. The summed E-state index contributed by atoms with van der Waals surface area (Å²) in [4.78, 5) is 12.6. The fourth-order valence-electron chi connectivity index (χ4n) is 1.96. The van der Waals surface area contributed by atoms with Gasteiger partial charge in [-0.2, -0.15) is 0 Å². The molecule has 0 bridgehead atoms. The van der Waals surface area contributed by atoms with Crippen LogP contribution in [0.2, 0.25) is 0 Å². The van der Waals surface area contributed by atoms with Gasteiger partial charge in [-0.1, -0.05) is 28.1 Å². The molecule has 2 rings (SSSR count). The lowest BCUT2D eigenvalue weighted by Crippen LogP contribution is -2.47. The molecule has 17 heavy (non-hydrogen) atoms. The molecule has 0 saturated carbocycles. The van der Waals surface area contributed by atoms with Gasteiger partial charge < -0.3 is 10.0 Å². The number of aliphatic hydroxyl groups is 1. The number of amides is 1. The van der Waals surface area contributed by atoms with E-state index in [1.807, 2.05) is 0 Å². The van der Waals surface area contributed by atoms with Crippen molar-refractivity contribution in [1.82, 2.24) is 4.90 Å². The largest absolute Gasteiger partial charge is 0.371 e. The maximum absolute atomic E-state index is 13.8. The van der Waals surface area contributed by atoms with Crippen LogP contribution in [0, 0.1) is 0 Å². The van der Waals surface area contributed by atoms with Gasteiger partial charge in [-0.05, 0) is 12.1 Å². The summed E-state index contributed by atoms with van der Waals surface area (Å²) in [5, 5.41) is 10.1. The van der Waals surface area contributed by atoms with E-state index in [9.17, 15) is 18.7 Å². The number of nitrogens with zero attached hydrogens (tertiary/aromatic N) is 1. The summed E-state index contributed by atoms with van der Waals surface area (Å²) in [5.41, 5.74) is -2.88. The summed E-state index contributed by atoms with van der Waals surface area (Å²) in [6.45, 7) is -0.783. The predicted octanol–water partition coefficient (Wildman–Crippen LogP) is 1.74. The smallest absolute Gasteiger partial charge is 0.306 e. The molecule has 0 unspecified atom stereocenters. The highest BCUT2D eigenvalue weighted by Gasteiger charge is 2.66. The zero-order chi connectivity index (χ0) is 12.8. The Labute approximate surface area is 105 Å². The van der Waals surface area contributed by atoms with Crippen LogP contribution in [0.4, 0.5) is 8.78 Å². The number of halogens is 3. The Morgan fingerprint density at radius 3 is 2.59 bits per heavy atom. The molecule has 0 spiro atoms. The Bertz CT molecular complexity index is 480. The zero-order valence-electron chi connectivity index (χ0n) is 8.95. The van der Waals surface area contributed by atoms with E-state index in [1.54, 1.807) is 6.07 Å². The fourth-order valence-corrected chi connectivity index (χ4v) is 2.36. The van der Waals surface area contributed by atoms with Crippen LogP contribution in [0.5, 0.6) is 0 Å². The maximum Gasteiger partial charge on any atom is 0.306 e. The molecule has 1 aliphatic rings. The van der Waals surface area contributed by atoms with Crippen molar-refractivity contribution in [3.8, 4) is 0 Å². The first kappa shape index (κ1) is 12.4. The van der Waals surface area contributed by atoms with E-state index in [1.165, 1.54) is 25.2 Å². The van der Waals surface area contributed by atoms with Gasteiger partial charge in [0.15, 0.2) is 0 Å². The number of carbonyl (C=O) groups excluding carboxylic acids is 1. The van der Waals surface area contributed by atoms with E-state index < -0.39 is 24.0 Å². The van der Waals surface area contributed by atoms with Gasteiger partial charge in [-0.15, -0.1) is 0 Å². The lowest BCUT2D eigenvalue weighted by Gasteiger charge is -2.26. The average Bonchev–Trinajstić information content (AvgIpc) is 2.40. The van der Waals surface area contributed by atoms with Crippen molar-refractivity contribution >= 4 is 21.8 Å². The second-order valence-electron chi connectivity index (χ2n) is 4.09. The van der Waals surface area contributed by atoms with E-state index in [0.717, 1.165) is 4.90 Å². The lowest BCUT2D eigenvalue weighted by molar-refractivity contribution is -0.173. The van der Waals surface area contributed by atoms with Crippen molar-refractivity contribution in [3.63, 3.8) is 0 Å². The Morgan fingerprint density at radius 2 is 2.12 bits per heavy atom. The normalized spacial score (nSPS) is 27.6. The van der Waals surface area contributed by atoms with Gasteiger partial charge >= 0.3 is 5.92 Å². The van der Waals surface area contributed by atoms with Gasteiger partial charge in [0.2, 0.25) is 5.60 Å². The van der Waals surface area contributed by atoms with Gasteiger partial charge in [-0.25, -0.2) is 8.78 Å². The molecule has 1 N–H and O–H groups in total. The maximum atomic E-state index is 13.8. The molecule has 1 heterocycles. The number of likely N-dealkylation sites (tertiary alicyclic amines) is 1. The van der Waals surface area contributed by atoms with E-state index in [-0.39, 0.29) is 5.56 Å². The van der Waals surface area contributed by atoms with Crippen molar-refractivity contribution in [2.24, 2.45) is 0 Å². The Hall–Kier alpha value is -1.01. The van der Waals surface area contributed by atoms with E-state index in [4.69, 9.17) is 0 Å². The summed E-state index contributed by atoms with van der Waals surface area (Å²) in [6.07, 6.45) is 0. The topological polar surface area (TPSA) is 40.5 Å². The third kappa shape index (κ3) is 1.66. The molecule has 3 nitrogen and oxygen atoms in total. The highest BCUT2D eigenvalue weighted by atomic mass is 79.9. The Morgan fingerprint density at radius 1 is 1.47 bits per heavy atom. The summed E-state index contributed by atoms with van der Waals surface area (Å²) < 4.78 is 28.1. The summed E-state index contributed by atoms with van der Waals surface area (Å²) in [6, 6.07) is 5.77. The zero-order valence-corrected chi connectivity index (χ0v) is 10.5. The van der Waals surface area contributed by atoms with Crippen molar-refractivity contribution in [2.45, 2.75) is 11.5 Å². The minimum absolute atomic E-state index is 0.105. The molecule has 6 heteroatoms. The molecule has 0 aromatic heterocycles. The van der Waals surface area contributed by atoms with Gasteiger partial charge in [0.25, 0.3) is 5.91 Å². The number of carbonyl (C=O) groups is 1. The molecule has 0 aliphatic carbocycles. The van der Waals surface area contributed by atoms with E-state index in [2.05, 4.69) is 15.9 Å². The minimum atomic E-state index is -3.50. The summed E-state index contributed by atoms with van der Waals surface area (Å²) in [5.74, 6) is -4.49. The summed E-state index contributed by atoms with van der Waals surface area (Å²) in [7, 11) is 1.24. The van der Waals surface area contributed by atoms with Crippen LogP contribution in [0.3, 0.4) is 0 Å². The molecule has 1 fully saturated rings. The number of rotatable bonds is 1. The standard InChI is InChI=1S/C11H10BrF2NO2/c1-15-6-10(13,14)11(17,9(15)16)7-3-2-4-8(12)5-7/h2-5,17H,6H2,1H3/t11-/m0/s1.